The SMILES string of the molecule is Cc1c(C=Nc2ccccc2Cl)c(O)n(CCc2ccccc2)c(=O)c1C#N. The molecular formula is C22H18ClN3O2. The molecule has 140 valence electrons. The molecule has 0 atom stereocenters. The number of benzene rings is 2. The number of nitriles is 1. The van der Waals surface area contributed by atoms with Crippen molar-refractivity contribution in [3.63, 3.8) is 0 Å². The number of halogens is 1. The summed E-state index contributed by atoms with van der Waals surface area (Å²) in [7, 11) is 0. The number of rotatable bonds is 5. The molecule has 3 rings (SSSR count). The maximum absolute atomic E-state index is 12.7. The minimum Gasteiger partial charge on any atom is -0.494 e. The fraction of sp³-hybridized carbons (Fsp3) is 0.136. The van der Waals surface area contributed by atoms with Gasteiger partial charge < -0.3 is 5.11 Å². The fourth-order valence-corrected chi connectivity index (χ4v) is 3.09. The highest BCUT2D eigenvalue weighted by Crippen LogP contribution is 2.25. The molecule has 0 unspecified atom stereocenters. The lowest BCUT2D eigenvalue weighted by Gasteiger charge is -2.14. The van der Waals surface area contributed by atoms with Gasteiger partial charge in [0.15, 0.2) is 0 Å². The van der Waals surface area contributed by atoms with Gasteiger partial charge >= 0.3 is 0 Å². The van der Waals surface area contributed by atoms with Gasteiger partial charge in [0.2, 0.25) is 5.88 Å². The molecular weight excluding hydrogens is 374 g/mol. The number of hydrogen-bond acceptors (Lipinski definition) is 4. The number of hydrogen-bond donors (Lipinski definition) is 1. The zero-order chi connectivity index (χ0) is 20.1. The smallest absolute Gasteiger partial charge is 0.271 e. The minimum atomic E-state index is -0.511. The summed E-state index contributed by atoms with van der Waals surface area (Å²) in [5, 5.41) is 20.6. The molecule has 0 amide bonds. The maximum atomic E-state index is 12.7. The lowest BCUT2D eigenvalue weighted by Crippen LogP contribution is -2.26. The molecule has 0 fully saturated rings. The van der Waals surface area contributed by atoms with Crippen LogP contribution in [0.15, 0.2) is 64.4 Å². The third kappa shape index (κ3) is 3.98. The summed E-state index contributed by atoms with van der Waals surface area (Å²) in [5.74, 6) is -0.215. The van der Waals surface area contributed by atoms with Crippen molar-refractivity contribution in [3.8, 4) is 11.9 Å². The first kappa shape index (κ1) is 19.4. The summed E-state index contributed by atoms with van der Waals surface area (Å²) in [4.78, 5) is 17.0. The Morgan fingerprint density at radius 1 is 1.18 bits per heavy atom. The van der Waals surface area contributed by atoms with E-state index in [2.05, 4.69) is 4.99 Å². The summed E-state index contributed by atoms with van der Waals surface area (Å²) in [6.07, 6.45) is 1.98. The first-order valence-corrected chi connectivity index (χ1v) is 9.09. The molecule has 6 heteroatoms. The third-order valence-electron chi connectivity index (χ3n) is 4.50. The molecule has 0 bridgehead atoms. The Kier molecular flexibility index (Phi) is 5.93. The van der Waals surface area contributed by atoms with Gasteiger partial charge in [-0.25, -0.2) is 0 Å². The largest absolute Gasteiger partial charge is 0.494 e. The Morgan fingerprint density at radius 3 is 2.54 bits per heavy atom. The third-order valence-corrected chi connectivity index (χ3v) is 4.82. The summed E-state index contributed by atoms with van der Waals surface area (Å²) < 4.78 is 1.21. The standard InChI is InChI=1S/C22H18ClN3O2/c1-15-17(13-24)21(27)26(12-11-16-7-3-2-4-8-16)22(28)18(15)14-25-20-10-6-5-9-19(20)23/h2-10,14,28H,11-12H2,1H3. The van der Waals surface area contributed by atoms with Gasteiger partial charge in [-0.05, 0) is 36.6 Å². The second-order valence-electron chi connectivity index (χ2n) is 6.25. The lowest BCUT2D eigenvalue weighted by atomic mass is 10.1. The van der Waals surface area contributed by atoms with Crippen LogP contribution in [0.4, 0.5) is 5.69 Å². The Labute approximate surface area is 167 Å². The van der Waals surface area contributed by atoms with Crippen LogP contribution < -0.4 is 5.56 Å². The van der Waals surface area contributed by atoms with Crippen LogP contribution in [0.2, 0.25) is 5.02 Å². The molecule has 3 aromatic rings. The molecule has 0 saturated heterocycles. The molecule has 0 saturated carbocycles. The first-order chi connectivity index (χ1) is 13.5. The number of aromatic hydroxyl groups is 1. The van der Waals surface area contributed by atoms with Crippen LogP contribution in [-0.2, 0) is 13.0 Å². The molecule has 0 spiro atoms. The van der Waals surface area contributed by atoms with Gasteiger partial charge in [0, 0.05) is 12.8 Å². The summed E-state index contributed by atoms with van der Waals surface area (Å²) in [6, 6.07) is 18.6. The van der Waals surface area contributed by atoms with Gasteiger partial charge in [-0.3, -0.25) is 14.4 Å². The molecule has 1 heterocycles. The molecule has 0 aliphatic carbocycles. The van der Waals surface area contributed by atoms with Crippen molar-refractivity contribution in [1.82, 2.24) is 4.57 Å². The molecule has 0 aliphatic rings. The normalized spacial score (nSPS) is 10.9. The molecule has 0 radical (unpaired) electrons. The molecule has 5 nitrogen and oxygen atoms in total. The summed E-state index contributed by atoms with van der Waals surface area (Å²) in [6.45, 7) is 1.87. The predicted molar refractivity (Wildman–Crippen MR) is 111 cm³/mol. The minimum absolute atomic E-state index is 0.00790. The number of pyridine rings is 1. The lowest BCUT2D eigenvalue weighted by molar-refractivity contribution is 0.404. The van der Waals surface area contributed by atoms with E-state index in [4.69, 9.17) is 11.6 Å². The second-order valence-corrected chi connectivity index (χ2v) is 6.66. The average molecular weight is 392 g/mol. The van der Waals surface area contributed by atoms with Crippen LogP contribution in [0.25, 0.3) is 0 Å². The van der Waals surface area contributed by atoms with Crippen molar-refractivity contribution in [3.05, 3.63) is 92.2 Å². The van der Waals surface area contributed by atoms with Crippen LogP contribution in [0.1, 0.15) is 22.3 Å². The highest BCUT2D eigenvalue weighted by molar-refractivity contribution is 6.33. The van der Waals surface area contributed by atoms with Gasteiger partial charge in [0.05, 0.1) is 16.3 Å². The van der Waals surface area contributed by atoms with Gasteiger partial charge in [-0.2, -0.15) is 5.26 Å². The van der Waals surface area contributed by atoms with E-state index in [1.54, 1.807) is 31.2 Å². The summed E-state index contributed by atoms with van der Waals surface area (Å²) >= 11 is 6.12. The fourth-order valence-electron chi connectivity index (χ4n) is 2.91. The van der Waals surface area contributed by atoms with E-state index < -0.39 is 5.56 Å². The molecule has 1 aromatic heterocycles. The van der Waals surface area contributed by atoms with Gasteiger partial charge in [-0.15, -0.1) is 0 Å². The molecule has 1 N–H and O–H groups in total. The Bertz CT molecular complexity index is 1130. The second kappa shape index (κ2) is 8.55. The quantitative estimate of drug-likeness (QED) is 0.655. The highest BCUT2D eigenvalue weighted by Gasteiger charge is 2.18. The van der Waals surface area contributed by atoms with Crippen LogP contribution in [0.5, 0.6) is 5.88 Å². The van der Waals surface area contributed by atoms with E-state index in [0.29, 0.717) is 28.3 Å². The van der Waals surface area contributed by atoms with Crippen molar-refractivity contribution in [1.29, 1.82) is 5.26 Å². The maximum Gasteiger partial charge on any atom is 0.271 e. The van der Waals surface area contributed by atoms with Crippen LogP contribution in [0.3, 0.4) is 0 Å². The van der Waals surface area contributed by atoms with E-state index in [1.165, 1.54) is 10.8 Å². The van der Waals surface area contributed by atoms with Crippen molar-refractivity contribution in [2.75, 3.05) is 0 Å². The Balaban J connectivity index is 2.04. The highest BCUT2D eigenvalue weighted by atomic mass is 35.5. The van der Waals surface area contributed by atoms with E-state index in [0.717, 1.165) is 5.56 Å². The zero-order valence-electron chi connectivity index (χ0n) is 15.3. The number of para-hydroxylation sites is 1. The summed E-state index contributed by atoms with van der Waals surface area (Å²) in [5.41, 5.74) is 1.75. The van der Waals surface area contributed by atoms with Crippen molar-refractivity contribution < 1.29 is 5.11 Å². The van der Waals surface area contributed by atoms with Crippen LogP contribution in [-0.4, -0.2) is 15.9 Å². The van der Waals surface area contributed by atoms with Gasteiger partial charge in [0.25, 0.3) is 5.56 Å². The first-order valence-electron chi connectivity index (χ1n) is 8.72. The topological polar surface area (TPSA) is 78.4 Å². The van der Waals surface area contributed by atoms with Gasteiger partial charge in [-0.1, -0.05) is 54.1 Å². The molecule has 0 aliphatic heterocycles. The number of nitrogens with zero attached hydrogens (tertiary/aromatic N) is 3. The monoisotopic (exact) mass is 391 g/mol. The Hall–Kier alpha value is -3.36. The van der Waals surface area contributed by atoms with Crippen molar-refractivity contribution in [2.45, 2.75) is 19.9 Å². The molecule has 28 heavy (non-hydrogen) atoms. The zero-order valence-corrected chi connectivity index (χ0v) is 16.0. The number of aryl methyl sites for hydroxylation is 1. The van der Waals surface area contributed by atoms with Crippen molar-refractivity contribution in [2.24, 2.45) is 4.99 Å². The Morgan fingerprint density at radius 2 is 1.86 bits per heavy atom. The van der Waals surface area contributed by atoms with Crippen molar-refractivity contribution >= 4 is 23.5 Å². The number of aliphatic imine (C=N–C) groups is 1. The number of aromatic nitrogens is 1. The molecule has 2 aromatic carbocycles. The van der Waals surface area contributed by atoms with E-state index in [9.17, 15) is 15.2 Å². The van der Waals surface area contributed by atoms with Crippen LogP contribution in [0, 0.1) is 18.3 Å². The average Bonchev–Trinajstić information content (AvgIpc) is 2.70. The van der Waals surface area contributed by atoms with Crippen LogP contribution >= 0.6 is 11.6 Å². The van der Waals surface area contributed by atoms with E-state index in [1.807, 2.05) is 36.4 Å². The van der Waals surface area contributed by atoms with Gasteiger partial charge in [0.1, 0.15) is 11.6 Å². The predicted octanol–water partition coefficient (Wildman–Crippen LogP) is 4.38. The van der Waals surface area contributed by atoms with E-state index >= 15 is 0 Å². The van der Waals surface area contributed by atoms with E-state index in [-0.39, 0.29) is 18.0 Å².